The van der Waals surface area contributed by atoms with Crippen molar-refractivity contribution in [2.24, 2.45) is 16.3 Å². The average molecular weight is 275 g/mol. The maximum Gasteiger partial charge on any atom is 0.238 e. The number of anilines is 1. The maximum absolute atomic E-state index is 12.6. The van der Waals surface area contributed by atoms with Crippen LogP contribution in [0.4, 0.5) is 5.69 Å². The number of nitrogens with zero attached hydrogens (tertiary/aromatic N) is 1. The molecule has 5 nitrogen and oxygen atoms in total. The van der Waals surface area contributed by atoms with Gasteiger partial charge in [-0.3, -0.25) is 4.79 Å². The van der Waals surface area contributed by atoms with Gasteiger partial charge in [-0.25, -0.2) is 0 Å². The molecule has 0 radical (unpaired) electrons. The average Bonchev–Trinajstić information content (AvgIpc) is 2.49. The van der Waals surface area contributed by atoms with Gasteiger partial charge in [-0.2, -0.15) is 0 Å². The zero-order valence-electron chi connectivity index (χ0n) is 11.7. The molecule has 4 N–H and O–H groups in total. The Morgan fingerprint density at radius 1 is 1.25 bits per heavy atom. The lowest BCUT2D eigenvalue weighted by Gasteiger charge is -2.34. The summed E-state index contributed by atoms with van der Waals surface area (Å²) in [6, 6.07) is 7.59. The van der Waals surface area contributed by atoms with Crippen LogP contribution in [0.25, 0.3) is 0 Å². The van der Waals surface area contributed by atoms with E-state index in [9.17, 15) is 4.79 Å². The molecule has 0 atom stereocenters. The highest BCUT2D eigenvalue weighted by Crippen LogP contribution is 2.37. The number of rotatable bonds is 3. The second-order valence-electron chi connectivity index (χ2n) is 5.45. The molecular formula is C15H21N3O2. The predicted octanol–water partition coefficient (Wildman–Crippen LogP) is 2.63. The first kappa shape index (κ1) is 14.4. The molecule has 1 aromatic carbocycles. The smallest absolute Gasteiger partial charge is 0.238 e. The standard InChI is InChI=1S/C15H21N3O2/c1-11-5-7-12(8-6-11)17-14(19)15(13(16)18-20)9-3-2-4-10-15/h5-8,20H,2-4,9-10H2,1H3,(H2,16,18)(H,17,19). The van der Waals surface area contributed by atoms with Crippen molar-refractivity contribution in [3.63, 3.8) is 0 Å². The van der Waals surface area contributed by atoms with Crippen LogP contribution in [-0.2, 0) is 4.79 Å². The van der Waals surface area contributed by atoms with Crippen molar-refractivity contribution in [1.29, 1.82) is 0 Å². The largest absolute Gasteiger partial charge is 0.409 e. The van der Waals surface area contributed by atoms with Gasteiger partial charge in [-0.1, -0.05) is 42.1 Å². The van der Waals surface area contributed by atoms with Gasteiger partial charge < -0.3 is 16.3 Å². The van der Waals surface area contributed by atoms with E-state index < -0.39 is 5.41 Å². The van der Waals surface area contributed by atoms with Crippen LogP contribution < -0.4 is 11.1 Å². The molecule has 2 rings (SSSR count). The van der Waals surface area contributed by atoms with Gasteiger partial charge in [0.05, 0.1) is 0 Å². The van der Waals surface area contributed by atoms with E-state index in [1.165, 1.54) is 0 Å². The SMILES string of the molecule is Cc1ccc(NC(=O)C2(C(N)=NO)CCCCC2)cc1. The van der Waals surface area contributed by atoms with Crippen molar-refractivity contribution in [2.75, 3.05) is 5.32 Å². The molecule has 0 aromatic heterocycles. The summed E-state index contributed by atoms with van der Waals surface area (Å²) in [7, 11) is 0. The fourth-order valence-corrected chi connectivity index (χ4v) is 2.74. The number of oxime groups is 1. The van der Waals surface area contributed by atoms with Crippen LogP contribution in [0.5, 0.6) is 0 Å². The highest BCUT2D eigenvalue weighted by atomic mass is 16.4. The van der Waals surface area contributed by atoms with Gasteiger partial charge >= 0.3 is 0 Å². The Labute approximate surface area is 118 Å². The van der Waals surface area contributed by atoms with E-state index in [2.05, 4.69) is 10.5 Å². The normalized spacial score (nSPS) is 18.6. The van der Waals surface area contributed by atoms with Crippen LogP contribution in [0.3, 0.4) is 0 Å². The van der Waals surface area contributed by atoms with Gasteiger partial charge in [-0.05, 0) is 31.9 Å². The number of amidine groups is 1. The van der Waals surface area contributed by atoms with Crippen LogP contribution in [0.2, 0.25) is 0 Å². The van der Waals surface area contributed by atoms with Crippen molar-refractivity contribution in [1.82, 2.24) is 0 Å². The molecule has 1 aliphatic rings. The van der Waals surface area contributed by atoms with Gasteiger partial charge in [0.1, 0.15) is 5.41 Å². The lowest BCUT2D eigenvalue weighted by Crippen LogP contribution is -2.48. The molecule has 20 heavy (non-hydrogen) atoms. The summed E-state index contributed by atoms with van der Waals surface area (Å²) in [5.41, 5.74) is 6.79. The molecule has 108 valence electrons. The topological polar surface area (TPSA) is 87.7 Å². The summed E-state index contributed by atoms with van der Waals surface area (Å²) in [5, 5.41) is 15.0. The second kappa shape index (κ2) is 5.94. The number of aryl methyl sites for hydroxylation is 1. The molecule has 1 fully saturated rings. The third-order valence-electron chi connectivity index (χ3n) is 4.05. The molecule has 1 saturated carbocycles. The molecule has 5 heteroatoms. The third-order valence-corrected chi connectivity index (χ3v) is 4.05. The molecule has 0 bridgehead atoms. The van der Waals surface area contributed by atoms with Crippen LogP contribution in [-0.4, -0.2) is 17.0 Å². The number of carbonyl (C=O) groups is 1. The molecule has 1 amide bonds. The number of hydrogen-bond donors (Lipinski definition) is 3. The Kier molecular flexibility index (Phi) is 4.27. The summed E-state index contributed by atoms with van der Waals surface area (Å²) in [4.78, 5) is 12.6. The van der Waals surface area contributed by atoms with E-state index in [0.717, 1.165) is 30.5 Å². The quantitative estimate of drug-likeness (QED) is 0.343. The van der Waals surface area contributed by atoms with Crippen LogP contribution in [0.1, 0.15) is 37.7 Å². The fourth-order valence-electron chi connectivity index (χ4n) is 2.74. The van der Waals surface area contributed by atoms with Crippen molar-refractivity contribution >= 4 is 17.4 Å². The number of nitrogens with one attached hydrogen (secondary N) is 1. The van der Waals surface area contributed by atoms with Gasteiger partial charge in [-0.15, -0.1) is 0 Å². The molecule has 1 aromatic rings. The Bertz CT molecular complexity index is 502. The van der Waals surface area contributed by atoms with Crippen LogP contribution in [0, 0.1) is 12.3 Å². The lowest BCUT2D eigenvalue weighted by molar-refractivity contribution is -0.123. The summed E-state index contributed by atoms with van der Waals surface area (Å²) in [6.45, 7) is 1.99. The van der Waals surface area contributed by atoms with E-state index in [-0.39, 0.29) is 11.7 Å². The fraction of sp³-hybridized carbons (Fsp3) is 0.467. The van der Waals surface area contributed by atoms with E-state index >= 15 is 0 Å². The number of amides is 1. The predicted molar refractivity (Wildman–Crippen MR) is 78.7 cm³/mol. The minimum atomic E-state index is -0.877. The lowest BCUT2D eigenvalue weighted by atomic mass is 9.72. The van der Waals surface area contributed by atoms with Gasteiger partial charge in [0.15, 0.2) is 5.84 Å². The van der Waals surface area contributed by atoms with Crippen LogP contribution in [0.15, 0.2) is 29.4 Å². The first-order valence-electron chi connectivity index (χ1n) is 6.94. The van der Waals surface area contributed by atoms with Crippen molar-refractivity contribution in [2.45, 2.75) is 39.0 Å². The Morgan fingerprint density at radius 3 is 2.40 bits per heavy atom. The Hall–Kier alpha value is -2.04. The first-order chi connectivity index (χ1) is 9.58. The van der Waals surface area contributed by atoms with Crippen molar-refractivity contribution in [3.05, 3.63) is 29.8 Å². The summed E-state index contributed by atoms with van der Waals surface area (Å²) in [5.74, 6) is -0.168. The number of carbonyl (C=O) groups excluding carboxylic acids is 1. The Morgan fingerprint density at radius 2 is 1.85 bits per heavy atom. The summed E-state index contributed by atoms with van der Waals surface area (Å²) >= 11 is 0. The first-order valence-corrected chi connectivity index (χ1v) is 6.94. The zero-order valence-corrected chi connectivity index (χ0v) is 11.7. The third kappa shape index (κ3) is 2.76. The molecule has 0 heterocycles. The molecular weight excluding hydrogens is 254 g/mol. The molecule has 0 aliphatic heterocycles. The van der Waals surface area contributed by atoms with E-state index in [0.29, 0.717) is 12.8 Å². The van der Waals surface area contributed by atoms with Gasteiger partial charge in [0.2, 0.25) is 5.91 Å². The van der Waals surface area contributed by atoms with Gasteiger partial charge in [0, 0.05) is 5.69 Å². The highest BCUT2D eigenvalue weighted by Gasteiger charge is 2.43. The second-order valence-corrected chi connectivity index (χ2v) is 5.45. The minimum absolute atomic E-state index is 0.0156. The summed E-state index contributed by atoms with van der Waals surface area (Å²) < 4.78 is 0. The monoisotopic (exact) mass is 275 g/mol. The van der Waals surface area contributed by atoms with E-state index in [1.54, 1.807) is 0 Å². The van der Waals surface area contributed by atoms with Crippen molar-refractivity contribution < 1.29 is 10.0 Å². The maximum atomic E-state index is 12.6. The van der Waals surface area contributed by atoms with E-state index in [1.807, 2.05) is 31.2 Å². The Balaban J connectivity index is 2.21. The summed E-state index contributed by atoms with van der Waals surface area (Å²) in [6.07, 6.45) is 4.16. The van der Waals surface area contributed by atoms with E-state index in [4.69, 9.17) is 10.9 Å². The van der Waals surface area contributed by atoms with Crippen molar-refractivity contribution in [3.8, 4) is 0 Å². The van der Waals surface area contributed by atoms with Crippen LogP contribution >= 0.6 is 0 Å². The number of hydrogen-bond acceptors (Lipinski definition) is 3. The minimum Gasteiger partial charge on any atom is -0.409 e. The number of benzene rings is 1. The molecule has 1 aliphatic carbocycles. The zero-order chi connectivity index (χ0) is 14.6. The molecule has 0 spiro atoms. The molecule has 0 unspecified atom stereocenters. The highest BCUT2D eigenvalue weighted by molar-refractivity contribution is 6.11. The van der Waals surface area contributed by atoms with Gasteiger partial charge in [0.25, 0.3) is 0 Å². The molecule has 0 saturated heterocycles. The number of nitrogens with two attached hydrogens (primary N) is 1.